The van der Waals surface area contributed by atoms with Crippen LogP contribution in [0.25, 0.3) is 0 Å². The summed E-state index contributed by atoms with van der Waals surface area (Å²) in [5.41, 5.74) is 5.94. The highest BCUT2D eigenvalue weighted by atomic mass is 19.1. The predicted octanol–water partition coefficient (Wildman–Crippen LogP) is 2.26. The van der Waals surface area contributed by atoms with Crippen molar-refractivity contribution in [3.63, 3.8) is 0 Å². The van der Waals surface area contributed by atoms with Crippen LogP contribution in [-0.4, -0.2) is 18.8 Å². The molecule has 0 amide bonds. The maximum absolute atomic E-state index is 12.9. The van der Waals surface area contributed by atoms with Gasteiger partial charge in [-0.05, 0) is 38.0 Å². The van der Waals surface area contributed by atoms with Crippen LogP contribution in [0.1, 0.15) is 19.4 Å². The second-order valence-electron chi connectivity index (χ2n) is 4.40. The minimum Gasteiger partial charge on any atom is -0.377 e. The predicted molar refractivity (Wildman–Crippen MR) is 59.1 cm³/mol. The van der Waals surface area contributed by atoms with E-state index in [1.807, 2.05) is 13.8 Å². The highest BCUT2D eigenvalue weighted by Crippen LogP contribution is 2.17. The third kappa shape index (κ3) is 3.25. The van der Waals surface area contributed by atoms with Crippen LogP contribution in [0.15, 0.2) is 18.2 Å². The Balaban J connectivity index is 2.80. The SMILES string of the molecule is COC(C)(C)C(N)Cc1cc(F)cc(F)c1. The highest BCUT2D eigenvalue weighted by molar-refractivity contribution is 5.19. The van der Waals surface area contributed by atoms with Crippen molar-refractivity contribution in [1.29, 1.82) is 0 Å². The van der Waals surface area contributed by atoms with Gasteiger partial charge in [-0.2, -0.15) is 0 Å². The smallest absolute Gasteiger partial charge is 0.126 e. The molecule has 1 rings (SSSR count). The summed E-state index contributed by atoms with van der Waals surface area (Å²) in [6, 6.07) is 3.10. The lowest BCUT2D eigenvalue weighted by Gasteiger charge is -2.30. The molecule has 0 spiro atoms. The number of methoxy groups -OCH3 is 1. The highest BCUT2D eigenvalue weighted by Gasteiger charge is 2.26. The molecule has 0 saturated carbocycles. The fraction of sp³-hybridized carbons (Fsp3) is 0.500. The number of ether oxygens (including phenoxy) is 1. The molecule has 16 heavy (non-hydrogen) atoms. The van der Waals surface area contributed by atoms with Crippen molar-refractivity contribution in [1.82, 2.24) is 0 Å². The molecule has 1 atom stereocenters. The van der Waals surface area contributed by atoms with Gasteiger partial charge in [-0.1, -0.05) is 0 Å². The van der Waals surface area contributed by atoms with Crippen molar-refractivity contribution in [2.45, 2.75) is 31.9 Å². The van der Waals surface area contributed by atoms with E-state index >= 15 is 0 Å². The molecule has 1 aromatic carbocycles. The summed E-state index contributed by atoms with van der Waals surface area (Å²) in [7, 11) is 1.56. The molecule has 0 aliphatic rings. The fourth-order valence-electron chi connectivity index (χ4n) is 1.38. The van der Waals surface area contributed by atoms with Crippen molar-refractivity contribution >= 4 is 0 Å². The van der Waals surface area contributed by atoms with E-state index in [1.54, 1.807) is 7.11 Å². The molecule has 90 valence electrons. The molecule has 0 aliphatic heterocycles. The van der Waals surface area contributed by atoms with Crippen molar-refractivity contribution < 1.29 is 13.5 Å². The van der Waals surface area contributed by atoms with Gasteiger partial charge in [0.25, 0.3) is 0 Å². The van der Waals surface area contributed by atoms with Gasteiger partial charge in [0, 0.05) is 19.2 Å². The van der Waals surface area contributed by atoms with Gasteiger partial charge < -0.3 is 10.5 Å². The molecule has 0 aliphatic carbocycles. The molecular formula is C12H17F2NO. The topological polar surface area (TPSA) is 35.2 Å². The molecule has 4 heteroatoms. The van der Waals surface area contributed by atoms with Crippen LogP contribution in [0.5, 0.6) is 0 Å². The Hall–Kier alpha value is -1.00. The number of benzene rings is 1. The van der Waals surface area contributed by atoms with Crippen molar-refractivity contribution in [3.05, 3.63) is 35.4 Å². The third-order valence-electron chi connectivity index (χ3n) is 2.80. The van der Waals surface area contributed by atoms with Gasteiger partial charge in [0.15, 0.2) is 0 Å². The van der Waals surface area contributed by atoms with Crippen LogP contribution in [0.3, 0.4) is 0 Å². The first-order chi connectivity index (χ1) is 7.35. The first-order valence-corrected chi connectivity index (χ1v) is 5.11. The molecule has 0 radical (unpaired) electrons. The lowest BCUT2D eigenvalue weighted by Crippen LogP contribution is -2.46. The van der Waals surface area contributed by atoms with Crippen LogP contribution >= 0.6 is 0 Å². The number of nitrogens with two attached hydrogens (primary N) is 1. The van der Waals surface area contributed by atoms with Crippen molar-refractivity contribution in [2.24, 2.45) is 5.73 Å². The minimum atomic E-state index is -0.586. The zero-order valence-electron chi connectivity index (χ0n) is 9.76. The normalized spacial score (nSPS) is 13.9. The lowest BCUT2D eigenvalue weighted by atomic mass is 9.93. The molecule has 0 saturated heterocycles. The Morgan fingerprint density at radius 2 is 1.75 bits per heavy atom. The van der Waals surface area contributed by atoms with Crippen molar-refractivity contribution in [2.75, 3.05) is 7.11 Å². The van der Waals surface area contributed by atoms with Gasteiger partial charge in [-0.25, -0.2) is 8.78 Å². The number of hydrogen-bond donors (Lipinski definition) is 1. The fourth-order valence-corrected chi connectivity index (χ4v) is 1.38. The first-order valence-electron chi connectivity index (χ1n) is 5.11. The molecule has 0 heterocycles. The monoisotopic (exact) mass is 229 g/mol. The van der Waals surface area contributed by atoms with E-state index in [0.717, 1.165) is 6.07 Å². The van der Waals surface area contributed by atoms with Crippen LogP contribution in [0.4, 0.5) is 8.78 Å². The molecule has 2 N–H and O–H groups in total. The molecule has 0 bridgehead atoms. The summed E-state index contributed by atoms with van der Waals surface area (Å²) in [4.78, 5) is 0. The Morgan fingerprint density at radius 1 is 1.25 bits per heavy atom. The summed E-state index contributed by atoms with van der Waals surface area (Å²) in [6.45, 7) is 3.68. The average molecular weight is 229 g/mol. The summed E-state index contributed by atoms with van der Waals surface area (Å²) in [5, 5.41) is 0. The zero-order valence-corrected chi connectivity index (χ0v) is 9.76. The first kappa shape index (κ1) is 13.1. The van der Waals surface area contributed by atoms with Gasteiger partial charge >= 0.3 is 0 Å². The molecule has 1 unspecified atom stereocenters. The van der Waals surface area contributed by atoms with Crippen LogP contribution in [0.2, 0.25) is 0 Å². The summed E-state index contributed by atoms with van der Waals surface area (Å²) in [6.07, 6.45) is 0.371. The number of rotatable bonds is 4. The van der Waals surface area contributed by atoms with E-state index in [4.69, 9.17) is 10.5 Å². The second-order valence-corrected chi connectivity index (χ2v) is 4.40. The van der Waals surface area contributed by atoms with Crippen LogP contribution in [0, 0.1) is 11.6 Å². The standard InChI is InChI=1S/C12H17F2NO/c1-12(2,16-3)11(15)6-8-4-9(13)7-10(14)5-8/h4-5,7,11H,6,15H2,1-3H3. The molecular weight excluding hydrogens is 212 g/mol. The van der Waals surface area contributed by atoms with Gasteiger partial charge in [0.1, 0.15) is 11.6 Å². The maximum atomic E-state index is 12.9. The number of halogens is 2. The Labute approximate surface area is 94.4 Å². The van der Waals surface area contributed by atoms with E-state index in [1.165, 1.54) is 12.1 Å². The van der Waals surface area contributed by atoms with Gasteiger partial charge in [-0.15, -0.1) is 0 Å². The van der Waals surface area contributed by atoms with Crippen LogP contribution < -0.4 is 5.73 Å². The zero-order chi connectivity index (χ0) is 12.3. The molecule has 0 fully saturated rings. The summed E-state index contributed by atoms with van der Waals surface area (Å²) >= 11 is 0. The van der Waals surface area contributed by atoms with E-state index in [-0.39, 0.29) is 6.04 Å². The third-order valence-corrected chi connectivity index (χ3v) is 2.80. The lowest BCUT2D eigenvalue weighted by molar-refractivity contribution is 0.000773. The minimum absolute atomic E-state index is 0.321. The Kier molecular flexibility index (Phi) is 3.99. The van der Waals surface area contributed by atoms with E-state index < -0.39 is 17.2 Å². The molecule has 2 nitrogen and oxygen atoms in total. The van der Waals surface area contributed by atoms with Crippen LogP contribution in [-0.2, 0) is 11.2 Å². The van der Waals surface area contributed by atoms with Gasteiger partial charge in [-0.3, -0.25) is 0 Å². The van der Waals surface area contributed by atoms with E-state index in [9.17, 15) is 8.78 Å². The number of hydrogen-bond acceptors (Lipinski definition) is 2. The van der Waals surface area contributed by atoms with E-state index in [2.05, 4.69) is 0 Å². The maximum Gasteiger partial charge on any atom is 0.126 e. The van der Waals surface area contributed by atoms with Gasteiger partial charge in [0.05, 0.1) is 5.60 Å². The van der Waals surface area contributed by atoms with E-state index in [0.29, 0.717) is 12.0 Å². The summed E-state index contributed by atoms with van der Waals surface area (Å²) < 4.78 is 31.1. The van der Waals surface area contributed by atoms with Gasteiger partial charge in [0.2, 0.25) is 0 Å². The quantitative estimate of drug-likeness (QED) is 0.859. The Morgan fingerprint density at radius 3 is 2.19 bits per heavy atom. The largest absolute Gasteiger partial charge is 0.377 e. The summed E-state index contributed by atoms with van der Waals surface area (Å²) in [5.74, 6) is -1.17. The average Bonchev–Trinajstić information content (AvgIpc) is 2.15. The molecule has 0 aromatic heterocycles. The second kappa shape index (κ2) is 4.89. The Bertz CT molecular complexity index is 346. The molecule has 1 aromatic rings. The van der Waals surface area contributed by atoms with Crippen molar-refractivity contribution in [3.8, 4) is 0 Å².